The minimum Gasteiger partial charge on any atom is -0.266 e. The van der Waals surface area contributed by atoms with Crippen LogP contribution in [0.2, 0.25) is 0 Å². The van der Waals surface area contributed by atoms with Crippen molar-refractivity contribution >= 4 is 43.9 Å². The van der Waals surface area contributed by atoms with Gasteiger partial charge in [-0.05, 0) is 17.9 Å². The van der Waals surface area contributed by atoms with Crippen LogP contribution in [0.3, 0.4) is 0 Å². The fraction of sp³-hybridized carbons (Fsp3) is 0.286. The third-order valence-electron chi connectivity index (χ3n) is 2.76. The van der Waals surface area contributed by atoms with Crippen LogP contribution >= 0.6 is 0 Å². The maximum absolute atomic E-state index is 12.1. The zero-order valence-corrected chi connectivity index (χ0v) is 13.2. The topological polar surface area (TPSA) is 43.4 Å². The lowest BCUT2D eigenvalue weighted by molar-refractivity contribution is 0.311. The van der Waals surface area contributed by atoms with Gasteiger partial charge in [0.25, 0.3) is 10.1 Å². The average Bonchev–Trinajstić information content (AvgIpc) is 2.38. The predicted molar refractivity (Wildman–Crippen MR) is 77.7 cm³/mol. The molecule has 2 radical (unpaired) electrons. The fourth-order valence-corrected chi connectivity index (χ4v) is 2.95. The number of hydrogen-bond acceptors (Lipinski definition) is 3. The standard InChI is InChI=1S/C14H16O3S.Mg/c1-2-3-11-17-18(15,16)14-10-6-8-12-7-4-5-9-13(12)14;/h4-10H,2-3,11H2,1H3;. The first kappa shape index (κ1) is 16.4. The normalized spacial score (nSPS) is 11.2. The van der Waals surface area contributed by atoms with E-state index in [0.717, 1.165) is 18.2 Å². The average molecular weight is 289 g/mol. The van der Waals surface area contributed by atoms with E-state index < -0.39 is 10.1 Å². The van der Waals surface area contributed by atoms with Crippen molar-refractivity contribution in [2.75, 3.05) is 6.61 Å². The lowest BCUT2D eigenvalue weighted by atomic mass is 10.1. The maximum atomic E-state index is 12.1. The summed E-state index contributed by atoms with van der Waals surface area (Å²) in [7, 11) is -3.66. The van der Waals surface area contributed by atoms with Crippen LogP contribution in [0.15, 0.2) is 47.4 Å². The van der Waals surface area contributed by atoms with Gasteiger partial charge in [-0.25, -0.2) is 0 Å². The highest BCUT2D eigenvalue weighted by Gasteiger charge is 2.17. The van der Waals surface area contributed by atoms with Crippen LogP contribution in [0.4, 0.5) is 0 Å². The number of fused-ring (bicyclic) bond motifs is 1. The van der Waals surface area contributed by atoms with E-state index in [1.807, 2.05) is 31.2 Å². The molecule has 0 saturated heterocycles. The van der Waals surface area contributed by atoms with Gasteiger partial charge in [-0.2, -0.15) is 8.42 Å². The van der Waals surface area contributed by atoms with E-state index >= 15 is 0 Å². The molecule has 0 spiro atoms. The summed E-state index contributed by atoms with van der Waals surface area (Å²) in [6.07, 6.45) is 1.65. The van der Waals surface area contributed by atoms with Crippen molar-refractivity contribution in [2.45, 2.75) is 24.7 Å². The predicted octanol–water partition coefficient (Wildman–Crippen LogP) is 2.96. The highest BCUT2D eigenvalue weighted by Crippen LogP contribution is 2.24. The van der Waals surface area contributed by atoms with Crippen LogP contribution in [0, 0.1) is 0 Å². The molecule has 0 bridgehead atoms. The summed E-state index contributed by atoms with van der Waals surface area (Å²) in [6, 6.07) is 12.6. The zero-order valence-electron chi connectivity index (χ0n) is 11.0. The second-order valence-electron chi connectivity index (χ2n) is 4.11. The summed E-state index contributed by atoms with van der Waals surface area (Å²) in [6.45, 7) is 2.23. The molecule has 3 nitrogen and oxygen atoms in total. The Morgan fingerprint density at radius 3 is 2.47 bits per heavy atom. The number of hydrogen-bond donors (Lipinski definition) is 0. The van der Waals surface area contributed by atoms with E-state index in [1.165, 1.54) is 0 Å². The van der Waals surface area contributed by atoms with Gasteiger partial charge >= 0.3 is 0 Å². The first-order valence-electron chi connectivity index (χ1n) is 6.02. The van der Waals surface area contributed by atoms with E-state index in [1.54, 1.807) is 18.2 Å². The molecule has 2 rings (SSSR count). The maximum Gasteiger partial charge on any atom is 0.297 e. The molecule has 2 aromatic carbocycles. The molecule has 0 aliphatic carbocycles. The number of rotatable bonds is 5. The molecule has 98 valence electrons. The highest BCUT2D eigenvalue weighted by atomic mass is 32.2. The molecular formula is C14H16MgO3S. The summed E-state index contributed by atoms with van der Waals surface area (Å²) >= 11 is 0. The van der Waals surface area contributed by atoms with E-state index in [-0.39, 0.29) is 34.6 Å². The minimum atomic E-state index is -3.66. The largest absolute Gasteiger partial charge is 0.297 e. The van der Waals surface area contributed by atoms with Gasteiger partial charge in [0.2, 0.25) is 0 Å². The molecule has 0 amide bonds. The molecule has 0 fully saturated rings. The molecule has 0 unspecified atom stereocenters. The van der Waals surface area contributed by atoms with Crippen molar-refractivity contribution in [1.29, 1.82) is 0 Å². The Labute approximate surface area is 130 Å². The van der Waals surface area contributed by atoms with Crippen molar-refractivity contribution in [3.63, 3.8) is 0 Å². The van der Waals surface area contributed by atoms with Gasteiger partial charge in [0.05, 0.1) is 6.61 Å². The second-order valence-corrected chi connectivity index (χ2v) is 5.69. The highest BCUT2D eigenvalue weighted by molar-refractivity contribution is 7.87. The Hall–Kier alpha value is -0.624. The van der Waals surface area contributed by atoms with Crippen LogP contribution in [-0.2, 0) is 14.3 Å². The van der Waals surface area contributed by atoms with Crippen LogP contribution in [0.1, 0.15) is 19.8 Å². The van der Waals surface area contributed by atoms with Crippen molar-refractivity contribution in [1.82, 2.24) is 0 Å². The van der Waals surface area contributed by atoms with Gasteiger partial charge in [-0.3, -0.25) is 4.18 Å². The van der Waals surface area contributed by atoms with Crippen LogP contribution in [0.25, 0.3) is 10.8 Å². The van der Waals surface area contributed by atoms with Gasteiger partial charge in [-0.1, -0.05) is 49.7 Å². The molecule has 2 aromatic rings. The molecule has 0 saturated carbocycles. The first-order valence-corrected chi connectivity index (χ1v) is 7.43. The van der Waals surface area contributed by atoms with Crippen LogP contribution in [-0.4, -0.2) is 38.1 Å². The van der Waals surface area contributed by atoms with Crippen LogP contribution in [0.5, 0.6) is 0 Å². The molecule has 0 aliphatic heterocycles. The van der Waals surface area contributed by atoms with Crippen LogP contribution < -0.4 is 0 Å². The summed E-state index contributed by atoms with van der Waals surface area (Å²) in [4.78, 5) is 0.247. The molecule has 0 N–H and O–H groups in total. The van der Waals surface area contributed by atoms with Gasteiger partial charge in [0.1, 0.15) is 4.90 Å². The Morgan fingerprint density at radius 1 is 1.05 bits per heavy atom. The summed E-state index contributed by atoms with van der Waals surface area (Å²) in [5.74, 6) is 0. The van der Waals surface area contributed by atoms with Gasteiger partial charge < -0.3 is 0 Å². The Morgan fingerprint density at radius 2 is 1.74 bits per heavy atom. The van der Waals surface area contributed by atoms with Gasteiger partial charge in [0, 0.05) is 28.4 Å². The molecule has 5 heteroatoms. The lowest BCUT2D eigenvalue weighted by Crippen LogP contribution is -2.08. The van der Waals surface area contributed by atoms with E-state index in [9.17, 15) is 8.42 Å². The monoisotopic (exact) mass is 288 g/mol. The first-order chi connectivity index (χ1) is 8.65. The second kappa shape index (κ2) is 7.24. The zero-order chi connectivity index (χ0) is 13.0. The van der Waals surface area contributed by atoms with Crippen molar-refractivity contribution in [3.05, 3.63) is 42.5 Å². The van der Waals surface area contributed by atoms with Crippen molar-refractivity contribution in [3.8, 4) is 0 Å². The Balaban J connectivity index is 0.00000180. The molecule has 0 heterocycles. The summed E-state index contributed by atoms with van der Waals surface area (Å²) in [5.41, 5.74) is 0. The van der Waals surface area contributed by atoms with Crippen molar-refractivity contribution < 1.29 is 12.6 Å². The Kier molecular flexibility index (Phi) is 6.26. The van der Waals surface area contributed by atoms with Crippen molar-refractivity contribution in [2.24, 2.45) is 0 Å². The van der Waals surface area contributed by atoms with Gasteiger partial charge in [0.15, 0.2) is 0 Å². The fourth-order valence-electron chi connectivity index (χ4n) is 1.79. The minimum absolute atomic E-state index is 0. The lowest BCUT2D eigenvalue weighted by Gasteiger charge is -2.08. The van der Waals surface area contributed by atoms with Gasteiger partial charge in [-0.15, -0.1) is 0 Å². The SMILES string of the molecule is CCCCOS(=O)(=O)c1cccc2ccccc12.[Mg]. The quantitative estimate of drug-likeness (QED) is 0.483. The smallest absolute Gasteiger partial charge is 0.266 e. The third kappa shape index (κ3) is 3.92. The Bertz CT molecular complexity index is 633. The molecule has 0 atom stereocenters. The third-order valence-corrected chi connectivity index (χ3v) is 4.13. The van der Waals surface area contributed by atoms with E-state index in [4.69, 9.17) is 4.18 Å². The van der Waals surface area contributed by atoms with E-state index in [2.05, 4.69) is 0 Å². The number of unbranched alkanes of at least 4 members (excludes halogenated alkanes) is 1. The molecule has 0 aliphatic rings. The molecule has 0 aromatic heterocycles. The molecule has 19 heavy (non-hydrogen) atoms. The molecular weight excluding hydrogens is 273 g/mol. The summed E-state index contributed by atoms with van der Waals surface area (Å²) < 4.78 is 29.2. The summed E-state index contributed by atoms with van der Waals surface area (Å²) in [5, 5.41) is 1.61. The number of benzene rings is 2. The van der Waals surface area contributed by atoms with E-state index in [0.29, 0.717) is 5.39 Å².